The van der Waals surface area contributed by atoms with Crippen LogP contribution < -0.4 is 26.4 Å². The number of rotatable bonds is 16. The van der Waals surface area contributed by atoms with E-state index in [1.165, 1.54) is 41.1 Å². The second-order valence-corrected chi connectivity index (χ2v) is 20.3. The van der Waals surface area contributed by atoms with Gasteiger partial charge in [0.2, 0.25) is 21.9 Å². The van der Waals surface area contributed by atoms with E-state index in [0.29, 0.717) is 80.2 Å². The molecule has 8 rings (SSSR count). The number of aryl methyl sites for hydroxylation is 2. The maximum Gasteiger partial charge on any atom is 0.350 e. The van der Waals surface area contributed by atoms with Crippen LogP contribution in [0.5, 0.6) is 0 Å². The number of nitrogens with two attached hydrogens (primary N) is 1. The van der Waals surface area contributed by atoms with Gasteiger partial charge < -0.3 is 20.1 Å². The number of carbonyl (C=O) groups is 2. The molecule has 0 aliphatic heterocycles. The second-order valence-electron chi connectivity index (χ2n) is 14.7. The van der Waals surface area contributed by atoms with Gasteiger partial charge in [0.15, 0.2) is 20.1 Å². The lowest BCUT2D eigenvalue weighted by Gasteiger charge is -2.11. The summed E-state index contributed by atoms with van der Waals surface area (Å²) in [5.74, 6) is 1.02. The molecule has 0 aliphatic rings. The van der Waals surface area contributed by atoms with Gasteiger partial charge in [-0.05, 0) is 87.4 Å². The van der Waals surface area contributed by atoms with Crippen molar-refractivity contribution in [3.05, 3.63) is 129 Å². The van der Waals surface area contributed by atoms with Gasteiger partial charge in [0.05, 0.1) is 45.4 Å². The summed E-state index contributed by atoms with van der Waals surface area (Å²) < 4.78 is 56.4. The van der Waals surface area contributed by atoms with Crippen LogP contribution in [0.15, 0.2) is 107 Å². The smallest absolute Gasteiger partial charge is 0.350 e. The van der Waals surface area contributed by atoms with Gasteiger partial charge in [0.1, 0.15) is 21.4 Å². The molecule has 0 amide bonds. The van der Waals surface area contributed by atoms with Crippen molar-refractivity contribution in [2.75, 3.05) is 40.7 Å². The minimum Gasteiger partial charge on any atom is -0.462 e. The standard InChI is InChI=1S/C23H23N5O4S2.C22H22N6O4S2/c1-4-32-21(29)19-14(2)25-23(33-19)28-22-26-18-8-6-5-7-17(18)20(27-22)24-13-15-9-11-16(12-10-15)34(3,30)31;1-3-32-20(29)18-13(2)25-22(33-18)28-21-26-17-7-5-4-6-16(17)19(27-21)24-12-14-8-10-15(11-9-14)34(23,30)31/h5-12H,4,13H2,1-3H3,(H2,24,25,26,27,28);4-11H,3,12H2,1-2H3,(H2,23,30,31)(H2,24,25,26,27,28). The number of fused-ring (bicyclic) bond motifs is 2. The molecular formula is C45H45N11O8S4. The van der Waals surface area contributed by atoms with Crippen molar-refractivity contribution in [3.63, 3.8) is 0 Å². The largest absolute Gasteiger partial charge is 0.462 e. The Bertz CT molecular complexity index is 3130. The molecule has 4 aromatic carbocycles. The van der Waals surface area contributed by atoms with Crippen molar-refractivity contribution >= 4 is 110 Å². The lowest BCUT2D eigenvalue weighted by molar-refractivity contribution is 0.0521. The quantitative estimate of drug-likeness (QED) is 0.0575. The number of hydrogen-bond acceptors (Lipinski definition) is 20. The van der Waals surface area contributed by atoms with E-state index >= 15 is 0 Å². The van der Waals surface area contributed by atoms with Crippen LogP contribution in [0.4, 0.5) is 33.8 Å². The third-order valence-corrected chi connectivity index (χ3v) is 13.8. The fourth-order valence-electron chi connectivity index (χ4n) is 6.42. The number of ether oxygens (including phenoxy) is 2. The van der Waals surface area contributed by atoms with Gasteiger partial charge in [-0.3, -0.25) is 10.6 Å². The van der Waals surface area contributed by atoms with Crippen molar-refractivity contribution in [3.8, 4) is 0 Å². The zero-order valence-corrected chi connectivity index (χ0v) is 40.5. The zero-order chi connectivity index (χ0) is 48.6. The van der Waals surface area contributed by atoms with Crippen LogP contribution >= 0.6 is 22.7 Å². The Morgan fingerprint density at radius 1 is 0.574 bits per heavy atom. The Balaban J connectivity index is 0.000000201. The van der Waals surface area contributed by atoms with E-state index in [1.807, 2.05) is 48.5 Å². The van der Waals surface area contributed by atoms with Crippen LogP contribution in [0.3, 0.4) is 0 Å². The maximum atomic E-state index is 12.1. The van der Waals surface area contributed by atoms with Gasteiger partial charge in [-0.15, -0.1) is 0 Å². The van der Waals surface area contributed by atoms with Gasteiger partial charge in [0.25, 0.3) is 0 Å². The summed E-state index contributed by atoms with van der Waals surface area (Å²) >= 11 is 2.35. The van der Waals surface area contributed by atoms with Crippen LogP contribution in [0.2, 0.25) is 0 Å². The first-order valence-corrected chi connectivity index (χ1v) is 25.8. The number of carbonyl (C=O) groups excluding carboxylic acids is 2. The number of anilines is 6. The number of primary sulfonamides is 1. The minimum absolute atomic E-state index is 0.0520. The number of benzene rings is 4. The molecule has 0 atom stereocenters. The summed E-state index contributed by atoms with van der Waals surface area (Å²) in [6.45, 7) is 8.40. The number of nitrogens with one attached hydrogen (secondary N) is 4. The number of nitrogens with zero attached hydrogens (tertiary/aromatic N) is 6. The summed E-state index contributed by atoms with van der Waals surface area (Å²) in [5.41, 5.74) is 4.33. The predicted octanol–water partition coefficient (Wildman–Crippen LogP) is 7.91. The molecule has 0 aliphatic carbocycles. The number of thiazole rings is 2. The Morgan fingerprint density at radius 3 is 1.35 bits per heavy atom. The first kappa shape index (κ1) is 48.7. The van der Waals surface area contributed by atoms with Gasteiger partial charge in [-0.2, -0.15) is 9.97 Å². The molecule has 0 saturated heterocycles. The summed E-state index contributed by atoms with van der Waals surface area (Å²) in [5, 5.41) is 20.5. The van der Waals surface area contributed by atoms with E-state index in [9.17, 15) is 26.4 Å². The first-order chi connectivity index (χ1) is 32.5. The van der Waals surface area contributed by atoms with Gasteiger partial charge in [0, 0.05) is 30.1 Å². The van der Waals surface area contributed by atoms with Crippen LogP contribution in [-0.4, -0.2) is 78.1 Å². The fraction of sp³-hybridized carbons (Fsp3) is 0.200. The summed E-state index contributed by atoms with van der Waals surface area (Å²) in [7, 11) is -6.99. The van der Waals surface area contributed by atoms with E-state index in [1.54, 1.807) is 64.1 Å². The molecule has 0 unspecified atom stereocenters. The Labute approximate surface area is 399 Å². The average Bonchev–Trinajstić information content (AvgIpc) is 3.87. The van der Waals surface area contributed by atoms with Gasteiger partial charge in [-0.25, -0.2) is 51.5 Å². The number of aromatic nitrogens is 6. The monoisotopic (exact) mass is 995 g/mol. The highest BCUT2D eigenvalue weighted by atomic mass is 32.2. The number of para-hydroxylation sites is 2. The second kappa shape index (κ2) is 21.2. The molecule has 68 heavy (non-hydrogen) atoms. The molecule has 0 bridgehead atoms. The molecular weight excluding hydrogens is 951 g/mol. The number of sulfonamides is 1. The number of hydrogen-bond donors (Lipinski definition) is 5. The normalized spacial score (nSPS) is 11.4. The van der Waals surface area contributed by atoms with Crippen molar-refractivity contribution < 1.29 is 35.9 Å². The van der Waals surface area contributed by atoms with Crippen LogP contribution in [0.25, 0.3) is 21.8 Å². The van der Waals surface area contributed by atoms with Crippen molar-refractivity contribution in [2.24, 2.45) is 5.14 Å². The molecule has 0 saturated carbocycles. The van der Waals surface area contributed by atoms with Gasteiger partial charge >= 0.3 is 11.9 Å². The molecule has 4 aromatic heterocycles. The highest BCUT2D eigenvalue weighted by Gasteiger charge is 2.20. The van der Waals surface area contributed by atoms with Crippen molar-refractivity contribution in [1.29, 1.82) is 0 Å². The predicted molar refractivity (Wildman–Crippen MR) is 263 cm³/mol. The van der Waals surface area contributed by atoms with Crippen LogP contribution in [0, 0.1) is 13.8 Å². The lowest BCUT2D eigenvalue weighted by Crippen LogP contribution is -2.12. The molecule has 8 aromatic rings. The molecule has 0 radical (unpaired) electrons. The lowest BCUT2D eigenvalue weighted by atomic mass is 10.2. The highest BCUT2D eigenvalue weighted by Crippen LogP contribution is 2.30. The molecule has 23 heteroatoms. The summed E-state index contributed by atoms with van der Waals surface area (Å²) in [6.07, 6.45) is 1.18. The minimum atomic E-state index is -3.74. The van der Waals surface area contributed by atoms with Crippen molar-refractivity contribution in [2.45, 2.75) is 50.6 Å². The molecule has 4 heterocycles. The number of sulfone groups is 1. The van der Waals surface area contributed by atoms with E-state index in [0.717, 1.165) is 27.4 Å². The van der Waals surface area contributed by atoms with E-state index < -0.39 is 31.8 Å². The van der Waals surface area contributed by atoms with Crippen LogP contribution in [0.1, 0.15) is 55.7 Å². The maximum absolute atomic E-state index is 12.1. The number of esters is 2. The fourth-order valence-corrected chi connectivity index (χ4v) is 9.27. The molecule has 0 fully saturated rings. The summed E-state index contributed by atoms with van der Waals surface area (Å²) in [6, 6.07) is 28.1. The van der Waals surface area contributed by atoms with E-state index in [-0.39, 0.29) is 16.4 Å². The molecule has 6 N–H and O–H groups in total. The first-order valence-electron chi connectivity index (χ1n) is 20.7. The average molecular weight is 996 g/mol. The molecule has 352 valence electrons. The Kier molecular flexibility index (Phi) is 15.2. The zero-order valence-electron chi connectivity index (χ0n) is 37.2. The summed E-state index contributed by atoms with van der Waals surface area (Å²) in [4.78, 5) is 52.5. The highest BCUT2D eigenvalue weighted by molar-refractivity contribution is 7.90. The van der Waals surface area contributed by atoms with E-state index in [2.05, 4.69) is 51.2 Å². The van der Waals surface area contributed by atoms with Crippen molar-refractivity contribution in [1.82, 2.24) is 29.9 Å². The third-order valence-electron chi connectivity index (χ3n) is 9.68. The Hall–Kier alpha value is -7.18. The Morgan fingerprint density at radius 2 is 0.971 bits per heavy atom. The topological polar surface area (TPSA) is 272 Å². The van der Waals surface area contributed by atoms with Gasteiger partial charge in [-0.1, -0.05) is 71.2 Å². The van der Waals surface area contributed by atoms with Crippen LogP contribution in [-0.2, 0) is 42.4 Å². The third kappa shape index (κ3) is 12.2. The molecule has 19 nitrogen and oxygen atoms in total. The van der Waals surface area contributed by atoms with E-state index in [4.69, 9.17) is 14.6 Å². The SMILES string of the molecule is CCOC(=O)c1sc(Nc2nc(NCc3ccc(S(C)(=O)=O)cc3)c3ccccc3n2)nc1C.CCOC(=O)c1sc(Nc2nc(NCc3ccc(S(N)(=O)=O)cc3)c3ccccc3n2)nc1C. The molecule has 0 spiro atoms.